The van der Waals surface area contributed by atoms with Crippen LogP contribution < -0.4 is 19.5 Å². The molecule has 3 aromatic carbocycles. The second-order valence-corrected chi connectivity index (χ2v) is 6.98. The van der Waals surface area contributed by atoms with Crippen LogP contribution in [-0.4, -0.2) is 19.6 Å². The summed E-state index contributed by atoms with van der Waals surface area (Å²) in [5.41, 5.74) is 2.00. The lowest BCUT2D eigenvalue weighted by molar-refractivity contribution is 0.102. The first-order valence-electron chi connectivity index (χ1n) is 9.19. The van der Waals surface area contributed by atoms with E-state index in [1.165, 1.54) is 0 Å². The molecule has 0 aliphatic carbocycles. The average Bonchev–Trinajstić information content (AvgIpc) is 2.75. The van der Waals surface area contributed by atoms with Gasteiger partial charge in [0, 0.05) is 15.6 Å². The monoisotopic (exact) mass is 455 g/mol. The molecule has 5 nitrogen and oxygen atoms in total. The molecule has 0 spiro atoms. The van der Waals surface area contributed by atoms with E-state index in [0.29, 0.717) is 35.1 Å². The van der Waals surface area contributed by atoms with Gasteiger partial charge in [-0.05, 0) is 65.3 Å². The summed E-state index contributed by atoms with van der Waals surface area (Å²) in [5, 5.41) is 2.91. The Morgan fingerprint density at radius 3 is 2.38 bits per heavy atom. The molecule has 0 heterocycles. The number of para-hydroxylation sites is 3. The van der Waals surface area contributed by atoms with E-state index in [1.54, 1.807) is 25.3 Å². The summed E-state index contributed by atoms with van der Waals surface area (Å²) in [5.74, 6) is 1.74. The fraction of sp³-hybridized carbons (Fsp3) is 0.174. The number of ether oxygens (including phenoxy) is 3. The third kappa shape index (κ3) is 5.29. The van der Waals surface area contributed by atoms with E-state index in [1.807, 2.05) is 55.5 Å². The summed E-state index contributed by atoms with van der Waals surface area (Å²) in [6, 6.07) is 20.2. The molecule has 0 bridgehead atoms. The van der Waals surface area contributed by atoms with Crippen LogP contribution in [0.2, 0.25) is 0 Å². The number of halogens is 1. The molecule has 0 saturated carbocycles. The van der Waals surface area contributed by atoms with Gasteiger partial charge in [-0.3, -0.25) is 4.79 Å². The standard InChI is InChI=1S/C23H22BrNO4/c1-3-28-20-13-12-16(23(26)25-19-9-5-4-8-18(19)24)14-17(20)15-29-22-11-7-6-10-21(22)27-2/h4-14H,3,15H2,1-2H3,(H,25,26). The van der Waals surface area contributed by atoms with E-state index in [2.05, 4.69) is 21.2 Å². The van der Waals surface area contributed by atoms with Gasteiger partial charge in [0.15, 0.2) is 11.5 Å². The molecule has 0 radical (unpaired) electrons. The summed E-state index contributed by atoms with van der Waals surface area (Å²) in [6.07, 6.45) is 0. The van der Waals surface area contributed by atoms with Crippen LogP contribution >= 0.6 is 15.9 Å². The van der Waals surface area contributed by atoms with Crippen LogP contribution in [0.5, 0.6) is 17.2 Å². The molecule has 0 fully saturated rings. The number of nitrogens with one attached hydrogen (secondary N) is 1. The minimum Gasteiger partial charge on any atom is -0.493 e. The predicted octanol–water partition coefficient (Wildman–Crippen LogP) is 5.69. The maximum absolute atomic E-state index is 12.7. The number of amides is 1. The van der Waals surface area contributed by atoms with Crippen molar-refractivity contribution in [1.29, 1.82) is 0 Å². The van der Waals surface area contributed by atoms with Crippen molar-refractivity contribution in [2.75, 3.05) is 19.0 Å². The fourth-order valence-corrected chi connectivity index (χ4v) is 3.16. The number of hydrogen-bond donors (Lipinski definition) is 1. The summed E-state index contributed by atoms with van der Waals surface area (Å²) in [7, 11) is 1.60. The highest BCUT2D eigenvalue weighted by Gasteiger charge is 2.13. The molecule has 0 atom stereocenters. The molecule has 3 aromatic rings. The second-order valence-electron chi connectivity index (χ2n) is 6.13. The third-order valence-electron chi connectivity index (χ3n) is 4.20. The van der Waals surface area contributed by atoms with Crippen molar-refractivity contribution in [3.8, 4) is 17.2 Å². The molecule has 150 valence electrons. The van der Waals surface area contributed by atoms with Crippen LogP contribution in [0.3, 0.4) is 0 Å². The van der Waals surface area contributed by atoms with E-state index in [-0.39, 0.29) is 12.5 Å². The first kappa shape index (κ1) is 20.7. The third-order valence-corrected chi connectivity index (χ3v) is 4.89. The van der Waals surface area contributed by atoms with Gasteiger partial charge in [-0.1, -0.05) is 24.3 Å². The molecule has 0 saturated heterocycles. The molecular formula is C23H22BrNO4. The lowest BCUT2D eigenvalue weighted by Crippen LogP contribution is -2.13. The highest BCUT2D eigenvalue weighted by atomic mass is 79.9. The van der Waals surface area contributed by atoms with Crippen LogP contribution in [0.1, 0.15) is 22.8 Å². The van der Waals surface area contributed by atoms with Crippen LogP contribution in [-0.2, 0) is 6.61 Å². The average molecular weight is 456 g/mol. The Labute approximate surface area is 178 Å². The van der Waals surface area contributed by atoms with Crippen molar-refractivity contribution in [2.24, 2.45) is 0 Å². The van der Waals surface area contributed by atoms with Gasteiger partial charge in [-0.25, -0.2) is 0 Å². The van der Waals surface area contributed by atoms with Crippen LogP contribution in [0.15, 0.2) is 71.2 Å². The second kappa shape index (κ2) is 9.98. The normalized spacial score (nSPS) is 10.3. The van der Waals surface area contributed by atoms with Gasteiger partial charge in [0.1, 0.15) is 12.4 Å². The largest absolute Gasteiger partial charge is 0.493 e. The van der Waals surface area contributed by atoms with E-state index in [9.17, 15) is 4.79 Å². The predicted molar refractivity (Wildman–Crippen MR) is 117 cm³/mol. The van der Waals surface area contributed by atoms with Gasteiger partial charge in [0.25, 0.3) is 5.91 Å². The van der Waals surface area contributed by atoms with Gasteiger partial charge in [0.05, 0.1) is 19.4 Å². The Balaban J connectivity index is 1.81. The number of hydrogen-bond acceptors (Lipinski definition) is 4. The van der Waals surface area contributed by atoms with E-state index >= 15 is 0 Å². The van der Waals surface area contributed by atoms with Crippen molar-refractivity contribution in [1.82, 2.24) is 0 Å². The molecular weight excluding hydrogens is 434 g/mol. The zero-order chi connectivity index (χ0) is 20.6. The molecule has 1 N–H and O–H groups in total. The molecule has 6 heteroatoms. The van der Waals surface area contributed by atoms with Gasteiger partial charge in [0.2, 0.25) is 0 Å². The van der Waals surface area contributed by atoms with Crippen LogP contribution in [0.25, 0.3) is 0 Å². The van der Waals surface area contributed by atoms with Crippen molar-refractivity contribution >= 4 is 27.5 Å². The molecule has 0 aromatic heterocycles. The summed E-state index contributed by atoms with van der Waals surface area (Å²) in [4.78, 5) is 12.7. The van der Waals surface area contributed by atoms with Crippen molar-refractivity contribution in [3.05, 3.63) is 82.3 Å². The summed E-state index contributed by atoms with van der Waals surface area (Å²) >= 11 is 3.44. The smallest absolute Gasteiger partial charge is 0.255 e. The Morgan fingerprint density at radius 1 is 0.931 bits per heavy atom. The Kier molecular flexibility index (Phi) is 7.14. The number of carbonyl (C=O) groups excluding carboxylic acids is 1. The Hall–Kier alpha value is -2.99. The molecule has 0 unspecified atom stereocenters. The van der Waals surface area contributed by atoms with Gasteiger partial charge >= 0.3 is 0 Å². The molecule has 0 aliphatic rings. The lowest BCUT2D eigenvalue weighted by atomic mass is 10.1. The minimum absolute atomic E-state index is 0.210. The number of carbonyl (C=O) groups is 1. The fourth-order valence-electron chi connectivity index (χ4n) is 2.78. The first-order valence-corrected chi connectivity index (χ1v) is 9.99. The number of methoxy groups -OCH3 is 1. The highest BCUT2D eigenvalue weighted by Crippen LogP contribution is 2.29. The lowest BCUT2D eigenvalue weighted by Gasteiger charge is -2.15. The maximum atomic E-state index is 12.7. The molecule has 29 heavy (non-hydrogen) atoms. The van der Waals surface area contributed by atoms with Crippen molar-refractivity contribution in [3.63, 3.8) is 0 Å². The quantitative estimate of drug-likeness (QED) is 0.474. The minimum atomic E-state index is -0.210. The van der Waals surface area contributed by atoms with Crippen molar-refractivity contribution in [2.45, 2.75) is 13.5 Å². The zero-order valence-corrected chi connectivity index (χ0v) is 17.9. The molecule has 0 aliphatic heterocycles. The number of rotatable bonds is 8. The Bertz CT molecular complexity index is 990. The van der Waals surface area contributed by atoms with Gasteiger partial charge in [-0.15, -0.1) is 0 Å². The highest BCUT2D eigenvalue weighted by molar-refractivity contribution is 9.10. The number of anilines is 1. The van der Waals surface area contributed by atoms with Gasteiger partial charge < -0.3 is 19.5 Å². The van der Waals surface area contributed by atoms with E-state index in [0.717, 1.165) is 10.0 Å². The molecule has 1 amide bonds. The Morgan fingerprint density at radius 2 is 1.66 bits per heavy atom. The van der Waals surface area contributed by atoms with Crippen LogP contribution in [0.4, 0.5) is 5.69 Å². The van der Waals surface area contributed by atoms with Crippen molar-refractivity contribution < 1.29 is 19.0 Å². The summed E-state index contributed by atoms with van der Waals surface area (Å²) < 4.78 is 17.8. The first-order chi connectivity index (χ1) is 14.1. The maximum Gasteiger partial charge on any atom is 0.255 e. The molecule has 3 rings (SSSR count). The van der Waals surface area contributed by atoms with Gasteiger partial charge in [-0.2, -0.15) is 0 Å². The zero-order valence-electron chi connectivity index (χ0n) is 16.3. The summed E-state index contributed by atoms with van der Waals surface area (Å²) in [6.45, 7) is 2.68. The van der Waals surface area contributed by atoms with E-state index < -0.39 is 0 Å². The topological polar surface area (TPSA) is 56.8 Å². The van der Waals surface area contributed by atoms with E-state index in [4.69, 9.17) is 14.2 Å². The number of benzene rings is 3. The van der Waals surface area contributed by atoms with Crippen LogP contribution in [0, 0.1) is 0 Å². The SMILES string of the molecule is CCOc1ccc(C(=O)Nc2ccccc2Br)cc1COc1ccccc1OC.